The Kier molecular flexibility index (Phi) is 4.58. The number of ketones is 1. The Labute approximate surface area is 118 Å². The van der Waals surface area contributed by atoms with Crippen molar-refractivity contribution in [2.45, 2.75) is 38.5 Å². The summed E-state index contributed by atoms with van der Waals surface area (Å²) in [6.07, 6.45) is 5.72. The first-order chi connectivity index (χ1) is 9.09. The van der Waals surface area contributed by atoms with E-state index in [9.17, 15) is 9.18 Å². The lowest BCUT2D eigenvalue weighted by atomic mass is 9.74. The maximum atomic E-state index is 13.9. The van der Waals surface area contributed by atoms with Crippen LogP contribution in [-0.4, -0.2) is 12.3 Å². The van der Waals surface area contributed by atoms with Crippen molar-refractivity contribution in [1.82, 2.24) is 0 Å². The Morgan fingerprint density at radius 2 is 1.89 bits per heavy atom. The van der Waals surface area contributed by atoms with Crippen LogP contribution in [0.25, 0.3) is 0 Å². The SMILES string of the molecule is NCC1(C(=O)c2ccc(Cl)cc2F)CCCCCC1. The fourth-order valence-corrected chi connectivity index (χ4v) is 3.05. The van der Waals surface area contributed by atoms with E-state index in [-0.39, 0.29) is 17.9 Å². The van der Waals surface area contributed by atoms with Gasteiger partial charge in [0.15, 0.2) is 5.78 Å². The molecule has 0 radical (unpaired) electrons. The molecule has 0 aromatic heterocycles. The molecule has 4 heteroatoms. The van der Waals surface area contributed by atoms with E-state index in [1.807, 2.05) is 0 Å². The van der Waals surface area contributed by atoms with Gasteiger partial charge in [-0.15, -0.1) is 0 Å². The number of benzene rings is 1. The normalized spacial score (nSPS) is 18.9. The zero-order chi connectivity index (χ0) is 13.9. The molecule has 1 saturated carbocycles. The van der Waals surface area contributed by atoms with Gasteiger partial charge in [-0.1, -0.05) is 37.3 Å². The van der Waals surface area contributed by atoms with Crippen LogP contribution in [0.3, 0.4) is 0 Å². The first-order valence-corrected chi connectivity index (χ1v) is 7.17. The molecule has 0 heterocycles. The third kappa shape index (κ3) is 2.98. The summed E-state index contributed by atoms with van der Waals surface area (Å²) in [4.78, 5) is 12.7. The lowest BCUT2D eigenvalue weighted by Crippen LogP contribution is -2.38. The summed E-state index contributed by atoms with van der Waals surface area (Å²) in [5, 5.41) is 0.303. The highest BCUT2D eigenvalue weighted by Crippen LogP contribution is 2.37. The van der Waals surface area contributed by atoms with Crippen molar-refractivity contribution in [2.75, 3.05) is 6.54 Å². The molecule has 0 atom stereocenters. The Balaban J connectivity index is 2.34. The number of rotatable bonds is 3. The van der Waals surface area contributed by atoms with E-state index in [0.717, 1.165) is 38.5 Å². The van der Waals surface area contributed by atoms with Crippen molar-refractivity contribution in [1.29, 1.82) is 0 Å². The Bertz CT molecular complexity index is 467. The summed E-state index contributed by atoms with van der Waals surface area (Å²) >= 11 is 5.73. The van der Waals surface area contributed by atoms with Crippen molar-refractivity contribution in [2.24, 2.45) is 11.1 Å². The highest BCUT2D eigenvalue weighted by Gasteiger charge is 2.38. The van der Waals surface area contributed by atoms with Gasteiger partial charge in [-0.3, -0.25) is 4.79 Å². The lowest BCUT2D eigenvalue weighted by Gasteiger charge is -2.29. The van der Waals surface area contributed by atoms with Gasteiger partial charge in [-0.25, -0.2) is 4.39 Å². The highest BCUT2D eigenvalue weighted by atomic mass is 35.5. The predicted molar refractivity (Wildman–Crippen MR) is 74.9 cm³/mol. The number of Topliss-reactive ketones (excluding diaryl/α,β-unsaturated/α-hetero) is 1. The highest BCUT2D eigenvalue weighted by molar-refractivity contribution is 6.30. The van der Waals surface area contributed by atoms with Crippen LogP contribution in [-0.2, 0) is 0 Å². The summed E-state index contributed by atoms with van der Waals surface area (Å²) < 4.78 is 13.9. The van der Waals surface area contributed by atoms with Gasteiger partial charge in [0, 0.05) is 17.0 Å². The van der Waals surface area contributed by atoms with Crippen LogP contribution in [0, 0.1) is 11.2 Å². The molecule has 0 aliphatic heterocycles. The maximum absolute atomic E-state index is 13.9. The van der Waals surface area contributed by atoms with E-state index >= 15 is 0 Å². The smallest absolute Gasteiger partial charge is 0.173 e. The molecule has 0 spiro atoms. The van der Waals surface area contributed by atoms with Crippen LogP contribution in [0.2, 0.25) is 5.02 Å². The number of carbonyl (C=O) groups is 1. The molecule has 0 unspecified atom stereocenters. The van der Waals surface area contributed by atoms with Gasteiger partial charge in [-0.2, -0.15) is 0 Å². The quantitative estimate of drug-likeness (QED) is 0.674. The molecule has 0 saturated heterocycles. The molecule has 1 aromatic carbocycles. The van der Waals surface area contributed by atoms with E-state index in [4.69, 9.17) is 17.3 Å². The minimum atomic E-state index is -0.592. The van der Waals surface area contributed by atoms with E-state index in [1.165, 1.54) is 12.1 Å². The molecule has 1 fully saturated rings. The molecule has 2 nitrogen and oxygen atoms in total. The monoisotopic (exact) mass is 283 g/mol. The fraction of sp³-hybridized carbons (Fsp3) is 0.533. The lowest BCUT2D eigenvalue weighted by molar-refractivity contribution is 0.0769. The van der Waals surface area contributed by atoms with Crippen LogP contribution in [0.5, 0.6) is 0 Å². The second kappa shape index (κ2) is 6.02. The molecule has 1 aliphatic carbocycles. The molecule has 1 aromatic rings. The molecule has 0 amide bonds. The molecular weight excluding hydrogens is 265 g/mol. The molecule has 2 N–H and O–H groups in total. The summed E-state index contributed by atoms with van der Waals surface area (Å²) in [5.41, 5.74) is 5.39. The topological polar surface area (TPSA) is 43.1 Å². The van der Waals surface area contributed by atoms with Crippen molar-refractivity contribution in [3.05, 3.63) is 34.6 Å². The van der Waals surface area contributed by atoms with Gasteiger partial charge in [-0.05, 0) is 31.0 Å². The van der Waals surface area contributed by atoms with Gasteiger partial charge in [0.1, 0.15) is 5.82 Å². The summed E-state index contributed by atoms with van der Waals surface area (Å²) in [5.74, 6) is -0.708. The number of nitrogens with two attached hydrogens (primary N) is 1. The van der Waals surface area contributed by atoms with Crippen LogP contribution in [0.1, 0.15) is 48.9 Å². The predicted octanol–water partition coefficient (Wildman–Crippen LogP) is 3.96. The standard InChI is InChI=1S/C15H19ClFNO/c16-11-5-6-12(13(17)9-11)14(19)15(10-18)7-3-1-2-4-8-15/h5-6,9H,1-4,7-8,10,18H2. The first-order valence-electron chi connectivity index (χ1n) is 6.79. The summed E-state index contributed by atoms with van der Waals surface area (Å²) in [7, 11) is 0. The van der Waals surface area contributed by atoms with Gasteiger partial charge >= 0.3 is 0 Å². The van der Waals surface area contributed by atoms with Crippen LogP contribution >= 0.6 is 11.6 Å². The first kappa shape index (κ1) is 14.5. The van der Waals surface area contributed by atoms with Crippen molar-refractivity contribution >= 4 is 17.4 Å². The van der Waals surface area contributed by atoms with Gasteiger partial charge in [0.25, 0.3) is 0 Å². The second-order valence-corrected chi connectivity index (χ2v) is 5.79. The van der Waals surface area contributed by atoms with E-state index in [1.54, 1.807) is 6.07 Å². The Morgan fingerprint density at radius 1 is 1.26 bits per heavy atom. The number of carbonyl (C=O) groups excluding carboxylic acids is 1. The number of hydrogen-bond donors (Lipinski definition) is 1. The Morgan fingerprint density at radius 3 is 2.42 bits per heavy atom. The maximum Gasteiger partial charge on any atom is 0.173 e. The fourth-order valence-electron chi connectivity index (χ4n) is 2.89. The second-order valence-electron chi connectivity index (χ2n) is 5.35. The van der Waals surface area contributed by atoms with Crippen LogP contribution < -0.4 is 5.73 Å². The van der Waals surface area contributed by atoms with Gasteiger partial charge in [0.2, 0.25) is 0 Å². The van der Waals surface area contributed by atoms with Crippen LogP contribution in [0.4, 0.5) is 4.39 Å². The molecule has 0 bridgehead atoms. The molecular formula is C15H19ClFNO. The van der Waals surface area contributed by atoms with Crippen molar-refractivity contribution in [3.8, 4) is 0 Å². The van der Waals surface area contributed by atoms with Crippen molar-refractivity contribution in [3.63, 3.8) is 0 Å². The Hall–Kier alpha value is -0.930. The number of halogens is 2. The van der Waals surface area contributed by atoms with Gasteiger partial charge < -0.3 is 5.73 Å². The molecule has 104 valence electrons. The van der Waals surface area contributed by atoms with E-state index < -0.39 is 11.2 Å². The van der Waals surface area contributed by atoms with E-state index in [0.29, 0.717) is 5.02 Å². The molecule has 1 aliphatic rings. The van der Waals surface area contributed by atoms with Gasteiger partial charge in [0.05, 0.1) is 5.56 Å². The average molecular weight is 284 g/mol. The third-order valence-corrected chi connectivity index (χ3v) is 4.34. The zero-order valence-corrected chi connectivity index (χ0v) is 11.7. The van der Waals surface area contributed by atoms with Crippen molar-refractivity contribution < 1.29 is 9.18 Å². The van der Waals surface area contributed by atoms with E-state index in [2.05, 4.69) is 0 Å². The summed E-state index contributed by atoms with van der Waals surface area (Å²) in [6.45, 7) is 0.286. The molecule has 2 rings (SSSR count). The number of hydrogen-bond acceptors (Lipinski definition) is 2. The minimum absolute atomic E-state index is 0.122. The van der Waals surface area contributed by atoms with Crippen LogP contribution in [0.15, 0.2) is 18.2 Å². The molecule has 19 heavy (non-hydrogen) atoms. The largest absolute Gasteiger partial charge is 0.329 e. The average Bonchev–Trinajstić information content (AvgIpc) is 2.64. The third-order valence-electron chi connectivity index (χ3n) is 4.11. The zero-order valence-electron chi connectivity index (χ0n) is 10.9. The summed E-state index contributed by atoms with van der Waals surface area (Å²) in [6, 6.07) is 4.22. The minimum Gasteiger partial charge on any atom is -0.329 e.